The molecule has 1 heterocycles. The van der Waals surface area contributed by atoms with Crippen molar-refractivity contribution in [3.63, 3.8) is 0 Å². The highest BCUT2D eigenvalue weighted by Crippen LogP contribution is 2.44. The maximum atomic E-state index is 6.29. The van der Waals surface area contributed by atoms with Gasteiger partial charge in [0, 0.05) is 23.4 Å². The molecule has 0 aliphatic carbocycles. The standard InChI is InChI=1S/C17H19NOS/c1-18(2)12-11-14-13-7-3-5-9-16(13)20-17-10-6-4-8-15(17)19-14/h3-10,14H,11-12H2,1-2H3. The van der Waals surface area contributed by atoms with Crippen LogP contribution >= 0.6 is 11.8 Å². The third kappa shape index (κ3) is 2.84. The molecule has 0 radical (unpaired) electrons. The van der Waals surface area contributed by atoms with Gasteiger partial charge in [0.2, 0.25) is 0 Å². The highest BCUT2D eigenvalue weighted by molar-refractivity contribution is 7.99. The zero-order valence-electron chi connectivity index (χ0n) is 11.9. The Labute approximate surface area is 124 Å². The molecule has 3 rings (SSSR count). The molecule has 104 valence electrons. The van der Waals surface area contributed by atoms with Crippen LogP contribution in [0.1, 0.15) is 18.1 Å². The lowest BCUT2D eigenvalue weighted by molar-refractivity contribution is 0.174. The Morgan fingerprint density at radius 1 is 1.00 bits per heavy atom. The second-order valence-corrected chi connectivity index (χ2v) is 6.37. The van der Waals surface area contributed by atoms with Crippen molar-refractivity contribution in [2.24, 2.45) is 0 Å². The first kappa shape index (κ1) is 13.5. The summed E-state index contributed by atoms with van der Waals surface area (Å²) in [4.78, 5) is 4.71. The monoisotopic (exact) mass is 285 g/mol. The first-order chi connectivity index (χ1) is 9.74. The van der Waals surface area contributed by atoms with Crippen LogP contribution in [0, 0.1) is 0 Å². The normalized spacial score (nSPS) is 17.1. The van der Waals surface area contributed by atoms with Gasteiger partial charge >= 0.3 is 0 Å². The number of fused-ring (bicyclic) bond motifs is 2. The minimum atomic E-state index is 0.129. The van der Waals surface area contributed by atoms with Crippen molar-refractivity contribution in [2.75, 3.05) is 20.6 Å². The molecule has 0 saturated carbocycles. The van der Waals surface area contributed by atoms with Gasteiger partial charge < -0.3 is 9.64 Å². The molecule has 0 saturated heterocycles. The number of para-hydroxylation sites is 1. The van der Waals surface area contributed by atoms with Gasteiger partial charge in [-0.2, -0.15) is 0 Å². The van der Waals surface area contributed by atoms with E-state index in [0.717, 1.165) is 18.7 Å². The lowest BCUT2D eigenvalue weighted by Crippen LogP contribution is -2.18. The maximum Gasteiger partial charge on any atom is 0.134 e. The molecule has 3 heteroatoms. The van der Waals surface area contributed by atoms with Crippen LogP contribution in [0.5, 0.6) is 5.75 Å². The van der Waals surface area contributed by atoms with Crippen LogP contribution in [0.15, 0.2) is 58.3 Å². The summed E-state index contributed by atoms with van der Waals surface area (Å²) in [6.45, 7) is 1.02. The molecule has 2 nitrogen and oxygen atoms in total. The van der Waals surface area contributed by atoms with Gasteiger partial charge in [0.25, 0.3) is 0 Å². The number of benzene rings is 2. The number of rotatable bonds is 3. The Hall–Kier alpha value is -1.45. The predicted molar refractivity (Wildman–Crippen MR) is 83.5 cm³/mol. The number of nitrogens with zero attached hydrogens (tertiary/aromatic N) is 1. The van der Waals surface area contributed by atoms with Crippen molar-refractivity contribution in [2.45, 2.75) is 22.3 Å². The summed E-state index contributed by atoms with van der Waals surface area (Å²) in [5.41, 5.74) is 1.30. The van der Waals surface area contributed by atoms with Crippen LogP contribution in [0.2, 0.25) is 0 Å². The second-order valence-electron chi connectivity index (χ2n) is 5.29. The molecule has 20 heavy (non-hydrogen) atoms. The third-order valence-electron chi connectivity index (χ3n) is 3.44. The third-order valence-corrected chi connectivity index (χ3v) is 4.59. The molecule has 2 aromatic carbocycles. The van der Waals surface area contributed by atoms with Gasteiger partial charge in [0.15, 0.2) is 0 Å². The van der Waals surface area contributed by atoms with E-state index >= 15 is 0 Å². The Kier molecular flexibility index (Phi) is 3.99. The largest absolute Gasteiger partial charge is 0.484 e. The summed E-state index contributed by atoms with van der Waals surface area (Å²) in [7, 11) is 4.20. The SMILES string of the molecule is CN(C)CCC1Oc2ccccc2Sc2ccccc21. The Balaban J connectivity index is 1.97. The maximum absolute atomic E-state index is 6.29. The van der Waals surface area contributed by atoms with Gasteiger partial charge in [-0.25, -0.2) is 0 Å². The highest BCUT2D eigenvalue weighted by Gasteiger charge is 2.23. The molecule has 0 spiro atoms. The van der Waals surface area contributed by atoms with Gasteiger partial charge in [0.1, 0.15) is 11.9 Å². The smallest absolute Gasteiger partial charge is 0.134 e. The van der Waals surface area contributed by atoms with Crippen molar-refractivity contribution >= 4 is 11.8 Å². The van der Waals surface area contributed by atoms with Gasteiger partial charge in [-0.05, 0) is 32.3 Å². The summed E-state index contributed by atoms with van der Waals surface area (Å²) in [5, 5.41) is 0. The number of hydrogen-bond acceptors (Lipinski definition) is 3. The van der Waals surface area contributed by atoms with Crippen molar-refractivity contribution in [3.8, 4) is 5.75 Å². The van der Waals surface area contributed by atoms with Gasteiger partial charge in [0.05, 0.1) is 4.90 Å². The van der Waals surface area contributed by atoms with E-state index in [9.17, 15) is 0 Å². The Morgan fingerprint density at radius 3 is 2.50 bits per heavy atom. The highest BCUT2D eigenvalue weighted by atomic mass is 32.2. The average Bonchev–Trinajstić information content (AvgIpc) is 2.61. The zero-order chi connectivity index (χ0) is 13.9. The minimum Gasteiger partial charge on any atom is -0.484 e. The molecule has 0 bridgehead atoms. The first-order valence-corrected chi connectivity index (χ1v) is 7.73. The molecule has 1 atom stereocenters. The molecule has 0 amide bonds. The zero-order valence-corrected chi connectivity index (χ0v) is 12.7. The molecule has 1 aliphatic heterocycles. The van der Waals surface area contributed by atoms with E-state index in [1.807, 2.05) is 6.07 Å². The summed E-state index contributed by atoms with van der Waals surface area (Å²) in [6, 6.07) is 16.9. The summed E-state index contributed by atoms with van der Waals surface area (Å²) >= 11 is 1.80. The van der Waals surface area contributed by atoms with Crippen molar-refractivity contribution in [3.05, 3.63) is 54.1 Å². The summed E-state index contributed by atoms with van der Waals surface area (Å²) in [5.74, 6) is 0.998. The average molecular weight is 285 g/mol. The Morgan fingerprint density at radius 2 is 1.70 bits per heavy atom. The predicted octanol–water partition coefficient (Wildman–Crippen LogP) is 4.22. The topological polar surface area (TPSA) is 12.5 Å². The van der Waals surface area contributed by atoms with Crippen LogP contribution in [0.25, 0.3) is 0 Å². The quantitative estimate of drug-likeness (QED) is 0.837. The second kappa shape index (κ2) is 5.90. The molecule has 2 aromatic rings. The van der Waals surface area contributed by atoms with Gasteiger partial charge in [-0.3, -0.25) is 0 Å². The Bertz CT molecular complexity index is 597. The van der Waals surface area contributed by atoms with Gasteiger partial charge in [-0.15, -0.1) is 0 Å². The molecule has 0 aromatic heterocycles. The van der Waals surface area contributed by atoms with E-state index in [-0.39, 0.29) is 6.10 Å². The minimum absolute atomic E-state index is 0.129. The molecule has 0 fully saturated rings. The summed E-state index contributed by atoms with van der Waals surface area (Å²) < 4.78 is 6.29. The molecular weight excluding hydrogens is 266 g/mol. The fourth-order valence-corrected chi connectivity index (χ4v) is 3.46. The summed E-state index contributed by atoms with van der Waals surface area (Å²) in [6.07, 6.45) is 1.13. The molecule has 0 N–H and O–H groups in total. The number of ether oxygens (including phenoxy) is 1. The van der Waals surface area contributed by atoms with Crippen molar-refractivity contribution in [1.82, 2.24) is 4.90 Å². The van der Waals surface area contributed by atoms with E-state index < -0.39 is 0 Å². The first-order valence-electron chi connectivity index (χ1n) is 6.91. The van der Waals surface area contributed by atoms with Crippen molar-refractivity contribution < 1.29 is 4.74 Å². The van der Waals surface area contributed by atoms with E-state index in [4.69, 9.17) is 4.74 Å². The van der Waals surface area contributed by atoms with Crippen LogP contribution < -0.4 is 4.74 Å². The van der Waals surface area contributed by atoms with Gasteiger partial charge in [-0.1, -0.05) is 42.1 Å². The van der Waals surface area contributed by atoms with Crippen LogP contribution in [-0.2, 0) is 0 Å². The lowest BCUT2D eigenvalue weighted by atomic mass is 10.1. The number of hydrogen-bond donors (Lipinski definition) is 0. The molecule has 1 unspecified atom stereocenters. The van der Waals surface area contributed by atoms with Crippen molar-refractivity contribution in [1.29, 1.82) is 0 Å². The molecule has 1 aliphatic rings. The van der Waals surface area contributed by atoms with E-state index in [2.05, 4.69) is 61.5 Å². The molecular formula is C17H19NOS. The van der Waals surface area contributed by atoms with Crippen LogP contribution in [-0.4, -0.2) is 25.5 Å². The van der Waals surface area contributed by atoms with E-state index in [0.29, 0.717) is 0 Å². The van der Waals surface area contributed by atoms with Crippen LogP contribution in [0.3, 0.4) is 0 Å². The lowest BCUT2D eigenvalue weighted by Gasteiger charge is -2.21. The van der Waals surface area contributed by atoms with Crippen LogP contribution in [0.4, 0.5) is 0 Å². The fourth-order valence-electron chi connectivity index (χ4n) is 2.40. The van der Waals surface area contributed by atoms with E-state index in [1.165, 1.54) is 15.4 Å². The van der Waals surface area contributed by atoms with E-state index in [1.54, 1.807) is 11.8 Å². The fraction of sp³-hybridized carbons (Fsp3) is 0.294.